The maximum Gasteiger partial charge on any atom is 0.416 e. The van der Waals surface area contributed by atoms with Crippen LogP contribution in [0.5, 0.6) is 0 Å². The second kappa shape index (κ2) is 9.05. The number of carbonyl (C=O) groups is 2. The number of nitrogens with one attached hydrogen (secondary N) is 1. The van der Waals surface area contributed by atoms with Crippen molar-refractivity contribution in [3.05, 3.63) is 65.7 Å². The van der Waals surface area contributed by atoms with Crippen LogP contribution in [-0.4, -0.2) is 26.8 Å². The van der Waals surface area contributed by atoms with E-state index < -0.39 is 57.6 Å². The van der Waals surface area contributed by atoms with Crippen molar-refractivity contribution in [2.24, 2.45) is 5.73 Å². The molecular formula is C18H17F3N2O5S. The smallest absolute Gasteiger partial charge is 0.416 e. The van der Waals surface area contributed by atoms with Crippen molar-refractivity contribution < 1.29 is 35.9 Å². The molecule has 7 nitrogen and oxygen atoms in total. The van der Waals surface area contributed by atoms with Gasteiger partial charge in [0.05, 0.1) is 16.9 Å². The van der Waals surface area contributed by atoms with Gasteiger partial charge in [0, 0.05) is 12.1 Å². The highest BCUT2D eigenvalue weighted by Gasteiger charge is 2.31. The van der Waals surface area contributed by atoms with Gasteiger partial charge in [0.15, 0.2) is 0 Å². The lowest BCUT2D eigenvalue weighted by Crippen LogP contribution is -2.29. The van der Waals surface area contributed by atoms with E-state index in [1.165, 1.54) is 12.1 Å². The van der Waals surface area contributed by atoms with Crippen molar-refractivity contribution in [3.8, 4) is 0 Å². The molecule has 0 saturated carbocycles. The third kappa shape index (κ3) is 6.29. The number of carbonyl (C=O) groups excluding carboxylic acids is 2. The highest BCUT2D eigenvalue weighted by molar-refractivity contribution is 7.89. The van der Waals surface area contributed by atoms with Crippen molar-refractivity contribution in [2.45, 2.75) is 23.6 Å². The van der Waals surface area contributed by atoms with Crippen LogP contribution in [0.3, 0.4) is 0 Å². The average molecular weight is 430 g/mol. The molecule has 0 aliphatic rings. The predicted octanol–water partition coefficient (Wildman–Crippen LogP) is 2.14. The van der Waals surface area contributed by atoms with E-state index in [9.17, 15) is 31.2 Å². The van der Waals surface area contributed by atoms with Gasteiger partial charge in [0.1, 0.15) is 0 Å². The summed E-state index contributed by atoms with van der Waals surface area (Å²) in [6, 6.07) is 11.1. The number of hydrogen-bond acceptors (Lipinski definition) is 5. The quantitative estimate of drug-likeness (QED) is 0.623. The Labute approximate surface area is 164 Å². The highest BCUT2D eigenvalue weighted by atomic mass is 32.2. The lowest BCUT2D eigenvalue weighted by molar-refractivity contribution is -0.155. The summed E-state index contributed by atoms with van der Waals surface area (Å²) in [4.78, 5) is 22.8. The van der Waals surface area contributed by atoms with Crippen LogP contribution < -0.4 is 10.5 Å². The first-order valence-electron chi connectivity index (χ1n) is 8.21. The lowest BCUT2D eigenvalue weighted by atomic mass is 10.1. The molecule has 11 heteroatoms. The molecule has 0 radical (unpaired) electrons. The standard InChI is InChI=1S/C18H17F3N2O5S/c19-18(20,21)13-7-4-8-14(11-13)29(26,27)23-10-9-15(24)28-16(17(22)25)12-5-2-1-3-6-12/h1-8,11,16,23H,9-10H2,(H2,22,25)/t16-/m0/s1. The molecular weight excluding hydrogens is 413 g/mol. The fourth-order valence-corrected chi connectivity index (χ4v) is 3.40. The Morgan fingerprint density at radius 2 is 1.72 bits per heavy atom. The Balaban J connectivity index is 1.98. The Kier molecular flexibility index (Phi) is 6.98. The summed E-state index contributed by atoms with van der Waals surface area (Å²) in [6.07, 6.45) is -6.51. The van der Waals surface area contributed by atoms with Crippen molar-refractivity contribution in [2.75, 3.05) is 6.54 Å². The molecule has 0 heterocycles. The number of ether oxygens (including phenoxy) is 1. The van der Waals surface area contributed by atoms with E-state index in [4.69, 9.17) is 10.5 Å². The van der Waals surface area contributed by atoms with Gasteiger partial charge < -0.3 is 10.5 Å². The maximum atomic E-state index is 12.7. The van der Waals surface area contributed by atoms with Gasteiger partial charge in [-0.05, 0) is 18.2 Å². The number of primary amides is 1. The molecule has 2 aromatic rings. The van der Waals surface area contributed by atoms with Crippen molar-refractivity contribution in [1.29, 1.82) is 0 Å². The normalized spacial score (nSPS) is 12.9. The minimum Gasteiger partial charge on any atom is -0.447 e. The lowest BCUT2D eigenvalue weighted by Gasteiger charge is -2.15. The number of amides is 1. The van der Waals surface area contributed by atoms with Crippen molar-refractivity contribution in [3.63, 3.8) is 0 Å². The van der Waals surface area contributed by atoms with E-state index in [-0.39, 0.29) is 0 Å². The maximum absolute atomic E-state index is 12.7. The van der Waals surface area contributed by atoms with Crippen LogP contribution in [0.25, 0.3) is 0 Å². The van der Waals surface area contributed by atoms with Gasteiger partial charge in [-0.25, -0.2) is 13.1 Å². The second-order valence-corrected chi connectivity index (χ2v) is 7.62. The first-order chi connectivity index (χ1) is 13.5. The van der Waals surface area contributed by atoms with E-state index in [0.29, 0.717) is 11.6 Å². The number of halogens is 3. The van der Waals surface area contributed by atoms with Gasteiger partial charge in [0.2, 0.25) is 16.1 Å². The Morgan fingerprint density at radius 1 is 1.07 bits per heavy atom. The molecule has 2 rings (SSSR count). The Hall–Kier alpha value is -2.92. The minimum atomic E-state index is -4.70. The summed E-state index contributed by atoms with van der Waals surface area (Å²) in [5, 5.41) is 0. The van der Waals surface area contributed by atoms with Crippen LogP contribution in [0.4, 0.5) is 13.2 Å². The largest absolute Gasteiger partial charge is 0.447 e. The molecule has 1 amide bonds. The number of esters is 1. The summed E-state index contributed by atoms with van der Waals surface area (Å²) < 4.78 is 69.5. The number of hydrogen-bond donors (Lipinski definition) is 2. The molecule has 0 saturated heterocycles. The third-order valence-corrected chi connectivity index (χ3v) is 5.16. The first kappa shape index (κ1) is 22.4. The molecule has 0 fully saturated rings. The topological polar surface area (TPSA) is 116 Å². The number of sulfonamides is 1. The number of benzene rings is 2. The zero-order valence-corrected chi connectivity index (χ0v) is 15.7. The molecule has 0 unspecified atom stereocenters. The van der Waals surface area contributed by atoms with Crippen molar-refractivity contribution in [1.82, 2.24) is 4.72 Å². The molecule has 0 bridgehead atoms. The monoisotopic (exact) mass is 430 g/mol. The molecule has 0 spiro atoms. The minimum absolute atomic E-state index is 0.345. The third-order valence-electron chi connectivity index (χ3n) is 3.70. The molecule has 156 valence electrons. The summed E-state index contributed by atoms with van der Waals surface area (Å²) in [7, 11) is -4.29. The summed E-state index contributed by atoms with van der Waals surface area (Å²) in [5.41, 5.74) is 4.45. The first-order valence-corrected chi connectivity index (χ1v) is 9.69. The van der Waals surface area contributed by atoms with Crippen LogP contribution >= 0.6 is 0 Å². The van der Waals surface area contributed by atoms with Gasteiger partial charge >= 0.3 is 12.1 Å². The van der Waals surface area contributed by atoms with E-state index in [0.717, 1.165) is 18.2 Å². The van der Waals surface area contributed by atoms with Gasteiger partial charge in [-0.2, -0.15) is 13.2 Å². The van der Waals surface area contributed by atoms with E-state index >= 15 is 0 Å². The zero-order chi connectivity index (χ0) is 21.7. The van der Waals surface area contributed by atoms with Crippen LogP contribution in [0.1, 0.15) is 23.7 Å². The molecule has 0 aliphatic heterocycles. The van der Waals surface area contributed by atoms with Gasteiger partial charge in [-0.15, -0.1) is 0 Å². The number of alkyl halides is 3. The number of nitrogens with two attached hydrogens (primary N) is 1. The molecule has 29 heavy (non-hydrogen) atoms. The summed E-state index contributed by atoms with van der Waals surface area (Å²) in [5.74, 6) is -1.82. The SMILES string of the molecule is NC(=O)[C@@H](OC(=O)CCNS(=O)(=O)c1cccc(C(F)(F)F)c1)c1ccccc1. The predicted molar refractivity (Wildman–Crippen MR) is 95.7 cm³/mol. The van der Waals surface area contributed by atoms with Crippen LogP contribution in [0.15, 0.2) is 59.5 Å². The van der Waals surface area contributed by atoms with Gasteiger partial charge in [-0.3, -0.25) is 9.59 Å². The van der Waals surface area contributed by atoms with E-state index in [2.05, 4.69) is 0 Å². The number of rotatable bonds is 8. The molecule has 1 atom stereocenters. The fourth-order valence-electron chi connectivity index (χ4n) is 2.32. The van der Waals surface area contributed by atoms with Crippen LogP contribution in [-0.2, 0) is 30.5 Å². The second-order valence-electron chi connectivity index (χ2n) is 5.86. The molecule has 0 aliphatic carbocycles. The van der Waals surface area contributed by atoms with Crippen LogP contribution in [0.2, 0.25) is 0 Å². The van der Waals surface area contributed by atoms with E-state index in [1.54, 1.807) is 18.2 Å². The molecule has 2 aromatic carbocycles. The fraction of sp³-hybridized carbons (Fsp3) is 0.222. The molecule has 3 N–H and O–H groups in total. The van der Waals surface area contributed by atoms with Crippen LogP contribution in [0, 0.1) is 0 Å². The zero-order valence-electron chi connectivity index (χ0n) is 14.8. The Bertz CT molecular complexity index is 978. The highest BCUT2D eigenvalue weighted by Crippen LogP contribution is 2.30. The molecule has 0 aromatic heterocycles. The van der Waals surface area contributed by atoms with Gasteiger partial charge in [0.25, 0.3) is 5.91 Å². The average Bonchev–Trinajstić information content (AvgIpc) is 2.66. The summed E-state index contributed by atoms with van der Waals surface area (Å²) >= 11 is 0. The summed E-state index contributed by atoms with van der Waals surface area (Å²) in [6.45, 7) is -0.447. The van der Waals surface area contributed by atoms with Gasteiger partial charge in [-0.1, -0.05) is 36.4 Å². The van der Waals surface area contributed by atoms with E-state index in [1.807, 2.05) is 4.72 Å². The Morgan fingerprint density at radius 3 is 2.31 bits per heavy atom. The van der Waals surface area contributed by atoms with Crippen molar-refractivity contribution >= 4 is 21.9 Å².